The van der Waals surface area contributed by atoms with Gasteiger partial charge in [0.2, 0.25) is 11.9 Å². The highest BCUT2D eigenvalue weighted by Gasteiger charge is 2.44. The Balaban J connectivity index is 1.36. The molecule has 46 heavy (non-hydrogen) atoms. The Labute approximate surface area is 267 Å². The molecular formula is C33H42N8O5. The Hall–Kier alpha value is -4.46. The summed E-state index contributed by atoms with van der Waals surface area (Å²) < 4.78 is 12.6. The Morgan fingerprint density at radius 3 is 2.24 bits per heavy atom. The second-order valence-electron chi connectivity index (χ2n) is 12.0. The van der Waals surface area contributed by atoms with Gasteiger partial charge in [-0.05, 0) is 48.2 Å². The summed E-state index contributed by atoms with van der Waals surface area (Å²) in [4.78, 5) is 28.7. The summed E-state index contributed by atoms with van der Waals surface area (Å²) >= 11 is 0. The fraction of sp³-hybridized carbons (Fsp3) is 0.455. The third-order valence-corrected chi connectivity index (χ3v) is 9.10. The first-order valence-electron chi connectivity index (χ1n) is 15.7. The molecule has 3 heterocycles. The molecule has 6 rings (SSSR count). The van der Waals surface area contributed by atoms with E-state index in [4.69, 9.17) is 30.2 Å². The smallest absolute Gasteiger partial charge is 0.229 e. The number of methoxy groups -OCH3 is 2. The summed E-state index contributed by atoms with van der Waals surface area (Å²) in [5.74, 6) is 2.38. The van der Waals surface area contributed by atoms with Crippen LogP contribution in [0.1, 0.15) is 49.3 Å². The van der Waals surface area contributed by atoms with Gasteiger partial charge in [-0.15, -0.1) is 0 Å². The van der Waals surface area contributed by atoms with Crippen LogP contribution in [0, 0.1) is 0 Å². The first kappa shape index (κ1) is 31.5. The summed E-state index contributed by atoms with van der Waals surface area (Å²) in [6.45, 7) is 3.58. The third kappa shape index (κ3) is 6.30. The van der Waals surface area contributed by atoms with Crippen LogP contribution in [0.15, 0.2) is 54.9 Å². The van der Waals surface area contributed by atoms with Gasteiger partial charge in [0.15, 0.2) is 17.0 Å². The van der Waals surface area contributed by atoms with Crippen LogP contribution < -0.4 is 30.7 Å². The minimum absolute atomic E-state index is 0.0184. The average Bonchev–Trinajstić information content (AvgIpc) is 3.79. The van der Waals surface area contributed by atoms with Gasteiger partial charge in [-0.1, -0.05) is 31.2 Å². The molecule has 0 bridgehead atoms. The number of hydrogen-bond acceptors (Lipinski definition) is 11. The van der Waals surface area contributed by atoms with E-state index in [0.717, 1.165) is 35.6 Å². The normalized spacial score (nSPS) is 22.8. The minimum Gasteiger partial charge on any atom is -0.497 e. The van der Waals surface area contributed by atoms with Crippen LogP contribution in [0.4, 0.5) is 11.8 Å². The lowest BCUT2D eigenvalue weighted by molar-refractivity contribution is -0.122. The van der Waals surface area contributed by atoms with Crippen molar-refractivity contribution in [3.63, 3.8) is 0 Å². The zero-order valence-corrected chi connectivity index (χ0v) is 26.3. The minimum atomic E-state index is -1.12. The standard InChI is InChI=1S/C33H42N8O5/c1-4-27(42)37-25-15-26(30(44)29(25)43)41-18-36-28-31(38-33(39-32(28)41)40-14-13-21(34)17-40)35-16-24(19-5-9-22(45-2)10-6-19)20-7-11-23(46-3)12-8-20/h5-12,18,21,24-26,29-30,43-44H,4,13-17,34H2,1-3H3,(H,37,42)(H,35,38,39)/t21-,25+,26-,29-,30+/m1/s1. The zero-order valence-electron chi connectivity index (χ0n) is 26.3. The van der Waals surface area contributed by atoms with Gasteiger partial charge in [-0.25, -0.2) is 4.98 Å². The number of fused-ring (bicyclic) bond motifs is 1. The predicted molar refractivity (Wildman–Crippen MR) is 174 cm³/mol. The number of anilines is 2. The highest BCUT2D eigenvalue weighted by atomic mass is 16.5. The molecule has 6 N–H and O–H groups in total. The van der Waals surface area contributed by atoms with Crippen molar-refractivity contribution in [1.29, 1.82) is 0 Å². The van der Waals surface area contributed by atoms with Crippen molar-refractivity contribution < 1.29 is 24.5 Å². The summed E-state index contributed by atoms with van der Waals surface area (Å²) in [6.07, 6.45) is 0.821. The van der Waals surface area contributed by atoms with Gasteiger partial charge < -0.3 is 45.5 Å². The lowest BCUT2D eigenvalue weighted by atomic mass is 9.91. The number of ether oxygens (including phenoxy) is 2. The van der Waals surface area contributed by atoms with Gasteiger partial charge in [0.25, 0.3) is 0 Å². The fourth-order valence-electron chi connectivity index (χ4n) is 6.42. The number of amides is 1. The van der Waals surface area contributed by atoms with Crippen molar-refractivity contribution in [2.75, 3.05) is 44.1 Å². The number of benzene rings is 2. The number of carbonyl (C=O) groups is 1. The van der Waals surface area contributed by atoms with Crippen LogP contribution in [0.25, 0.3) is 11.2 Å². The van der Waals surface area contributed by atoms with E-state index in [1.165, 1.54) is 0 Å². The molecule has 2 aromatic heterocycles. The number of aromatic nitrogens is 4. The average molecular weight is 631 g/mol. The monoisotopic (exact) mass is 630 g/mol. The first-order valence-corrected chi connectivity index (χ1v) is 15.7. The molecule has 13 nitrogen and oxygen atoms in total. The molecule has 0 spiro atoms. The van der Waals surface area contributed by atoms with Crippen molar-refractivity contribution in [2.24, 2.45) is 5.73 Å². The van der Waals surface area contributed by atoms with Crippen LogP contribution in [-0.4, -0.2) is 93.8 Å². The molecule has 1 saturated carbocycles. The van der Waals surface area contributed by atoms with Crippen molar-refractivity contribution in [1.82, 2.24) is 24.8 Å². The van der Waals surface area contributed by atoms with E-state index in [0.29, 0.717) is 42.4 Å². The number of aliphatic hydroxyl groups excluding tert-OH is 2. The van der Waals surface area contributed by atoms with Crippen LogP contribution >= 0.6 is 0 Å². The summed E-state index contributed by atoms with van der Waals surface area (Å²) in [5, 5.41) is 28.3. The zero-order chi connectivity index (χ0) is 32.4. The third-order valence-electron chi connectivity index (χ3n) is 9.10. The van der Waals surface area contributed by atoms with Gasteiger partial charge in [0.05, 0.1) is 32.6 Å². The molecular weight excluding hydrogens is 588 g/mol. The predicted octanol–water partition coefficient (Wildman–Crippen LogP) is 2.19. The number of rotatable bonds is 11. The van der Waals surface area contributed by atoms with Crippen molar-refractivity contribution in [3.8, 4) is 11.5 Å². The summed E-state index contributed by atoms with van der Waals surface area (Å²) in [5.41, 5.74) is 9.49. The largest absolute Gasteiger partial charge is 0.497 e. The second-order valence-corrected chi connectivity index (χ2v) is 12.0. The summed E-state index contributed by atoms with van der Waals surface area (Å²) in [6, 6.07) is 14.9. The molecule has 244 valence electrons. The van der Waals surface area contributed by atoms with E-state index in [1.54, 1.807) is 32.0 Å². The van der Waals surface area contributed by atoms with E-state index in [9.17, 15) is 15.0 Å². The van der Waals surface area contributed by atoms with E-state index in [-0.39, 0.29) is 24.3 Å². The molecule has 1 aliphatic heterocycles. The Bertz CT molecular complexity index is 1600. The second kappa shape index (κ2) is 13.5. The topological polar surface area (TPSA) is 173 Å². The van der Waals surface area contributed by atoms with Gasteiger partial charge in [-0.2, -0.15) is 9.97 Å². The molecule has 0 unspecified atom stereocenters. The van der Waals surface area contributed by atoms with Crippen LogP contribution in [-0.2, 0) is 4.79 Å². The van der Waals surface area contributed by atoms with E-state index >= 15 is 0 Å². The van der Waals surface area contributed by atoms with Gasteiger partial charge in [-0.3, -0.25) is 4.79 Å². The molecule has 5 atom stereocenters. The molecule has 2 fully saturated rings. The van der Waals surface area contributed by atoms with E-state index in [2.05, 4.69) is 39.8 Å². The number of nitrogens with two attached hydrogens (primary N) is 1. The van der Waals surface area contributed by atoms with Crippen molar-refractivity contribution in [3.05, 3.63) is 66.0 Å². The van der Waals surface area contributed by atoms with Gasteiger partial charge >= 0.3 is 0 Å². The fourth-order valence-corrected chi connectivity index (χ4v) is 6.42. The SMILES string of the molecule is CCC(=O)N[C@H]1C[C@@H](n2cnc3c(NCC(c4ccc(OC)cc4)c4ccc(OC)cc4)nc(N4CC[C@@H](N)C4)nc32)[C@H](O)[C@@H]1O. The van der Waals surface area contributed by atoms with Gasteiger partial charge in [0, 0.05) is 38.0 Å². The number of carbonyl (C=O) groups excluding carboxylic acids is 1. The van der Waals surface area contributed by atoms with Crippen LogP contribution in [0.2, 0.25) is 0 Å². The Kier molecular flexibility index (Phi) is 9.24. The Morgan fingerprint density at radius 1 is 1.02 bits per heavy atom. The Morgan fingerprint density at radius 2 is 1.67 bits per heavy atom. The highest BCUT2D eigenvalue weighted by molar-refractivity contribution is 5.84. The number of nitrogens with zero attached hydrogens (tertiary/aromatic N) is 5. The summed E-state index contributed by atoms with van der Waals surface area (Å²) in [7, 11) is 3.29. The molecule has 1 aliphatic carbocycles. The first-order chi connectivity index (χ1) is 22.3. The van der Waals surface area contributed by atoms with E-state index < -0.39 is 24.3 Å². The molecule has 4 aromatic rings. The van der Waals surface area contributed by atoms with Crippen molar-refractivity contribution in [2.45, 2.75) is 62.4 Å². The quantitative estimate of drug-likeness (QED) is 0.164. The maximum Gasteiger partial charge on any atom is 0.229 e. The highest BCUT2D eigenvalue weighted by Crippen LogP contribution is 2.36. The molecule has 1 amide bonds. The van der Waals surface area contributed by atoms with Crippen LogP contribution in [0.5, 0.6) is 11.5 Å². The molecule has 13 heteroatoms. The van der Waals surface area contributed by atoms with Crippen molar-refractivity contribution >= 4 is 28.8 Å². The van der Waals surface area contributed by atoms with Crippen LogP contribution in [0.3, 0.4) is 0 Å². The maximum atomic E-state index is 12.1. The lowest BCUT2D eigenvalue weighted by Crippen LogP contribution is -2.42. The number of aliphatic hydroxyl groups is 2. The lowest BCUT2D eigenvalue weighted by Gasteiger charge is -2.22. The number of hydrogen-bond donors (Lipinski definition) is 5. The molecule has 2 aliphatic rings. The number of imidazole rings is 1. The molecule has 0 radical (unpaired) electrons. The van der Waals surface area contributed by atoms with Gasteiger partial charge in [0.1, 0.15) is 23.7 Å². The maximum absolute atomic E-state index is 12.1. The molecule has 2 aromatic carbocycles. The molecule has 1 saturated heterocycles. The number of nitrogens with one attached hydrogen (secondary N) is 2. The van der Waals surface area contributed by atoms with E-state index in [1.807, 2.05) is 24.3 Å².